The van der Waals surface area contributed by atoms with Crippen molar-refractivity contribution in [3.8, 4) is 5.75 Å². The maximum atomic E-state index is 11.9. The van der Waals surface area contributed by atoms with Gasteiger partial charge in [-0.25, -0.2) is 0 Å². The van der Waals surface area contributed by atoms with Crippen LogP contribution in [0, 0.1) is 6.92 Å². The Morgan fingerprint density at radius 3 is 2.60 bits per heavy atom. The van der Waals surface area contributed by atoms with Crippen molar-refractivity contribution >= 4 is 17.4 Å². The highest BCUT2D eigenvalue weighted by Gasteiger charge is 2.05. The van der Waals surface area contributed by atoms with Gasteiger partial charge < -0.3 is 4.74 Å². The summed E-state index contributed by atoms with van der Waals surface area (Å²) in [4.78, 5) is 11.9. The van der Waals surface area contributed by atoms with E-state index < -0.39 is 0 Å². The molecule has 0 N–H and O–H groups in total. The van der Waals surface area contributed by atoms with E-state index >= 15 is 0 Å². The molecule has 20 heavy (non-hydrogen) atoms. The van der Waals surface area contributed by atoms with Gasteiger partial charge in [-0.2, -0.15) is 0 Å². The van der Waals surface area contributed by atoms with Crippen LogP contribution in [0.15, 0.2) is 48.5 Å². The molecule has 0 unspecified atom stereocenters. The molecule has 2 aromatic carbocycles. The molecule has 0 radical (unpaired) electrons. The Morgan fingerprint density at radius 1 is 1.15 bits per heavy atom. The third kappa shape index (κ3) is 4.10. The number of ether oxygens (including phenoxy) is 1. The van der Waals surface area contributed by atoms with Crippen LogP contribution in [0.4, 0.5) is 0 Å². The van der Waals surface area contributed by atoms with Gasteiger partial charge in [-0.05, 0) is 37.1 Å². The van der Waals surface area contributed by atoms with E-state index in [1.807, 2.05) is 49.4 Å². The summed E-state index contributed by atoms with van der Waals surface area (Å²) in [6.07, 6.45) is 1.20. The zero-order chi connectivity index (χ0) is 14.4. The Labute approximate surface area is 124 Å². The van der Waals surface area contributed by atoms with Gasteiger partial charge in [0.2, 0.25) is 0 Å². The van der Waals surface area contributed by atoms with Gasteiger partial charge in [-0.15, -0.1) is 0 Å². The third-order valence-corrected chi connectivity index (χ3v) is 3.27. The summed E-state index contributed by atoms with van der Waals surface area (Å²) in [5.41, 5.74) is 1.77. The van der Waals surface area contributed by atoms with Crippen molar-refractivity contribution in [3.63, 3.8) is 0 Å². The van der Waals surface area contributed by atoms with E-state index in [0.717, 1.165) is 16.9 Å². The summed E-state index contributed by atoms with van der Waals surface area (Å²) in [5, 5.41) is 0.703. The summed E-state index contributed by atoms with van der Waals surface area (Å²) in [7, 11) is 0. The Bertz CT molecular complexity index is 579. The Balaban J connectivity index is 1.78. The molecule has 0 amide bonds. The largest absolute Gasteiger partial charge is 0.493 e. The molecule has 104 valence electrons. The third-order valence-electron chi connectivity index (χ3n) is 3.04. The van der Waals surface area contributed by atoms with Crippen molar-refractivity contribution in [3.05, 3.63) is 64.7 Å². The quantitative estimate of drug-likeness (QED) is 0.569. The molecule has 0 atom stereocenters. The molecule has 0 aromatic heterocycles. The highest BCUT2D eigenvalue weighted by molar-refractivity contribution is 6.30. The lowest BCUT2D eigenvalue weighted by molar-refractivity contribution is 0.0973. The van der Waals surface area contributed by atoms with Gasteiger partial charge in [0.05, 0.1) is 6.61 Å². The van der Waals surface area contributed by atoms with Gasteiger partial charge in [0, 0.05) is 17.0 Å². The molecule has 3 heteroatoms. The first-order valence-corrected chi connectivity index (χ1v) is 7.02. The van der Waals surface area contributed by atoms with Crippen molar-refractivity contribution in [2.24, 2.45) is 0 Å². The van der Waals surface area contributed by atoms with Crippen molar-refractivity contribution in [1.82, 2.24) is 0 Å². The van der Waals surface area contributed by atoms with Gasteiger partial charge in [-0.3, -0.25) is 4.79 Å². The monoisotopic (exact) mass is 288 g/mol. The standard InChI is InChI=1S/C17H17ClO2/c1-13-12-15(18)9-10-17(13)20-11-5-8-16(19)14-6-3-2-4-7-14/h2-4,6-7,9-10,12H,5,8,11H2,1H3. The van der Waals surface area contributed by atoms with Gasteiger partial charge in [-0.1, -0.05) is 41.9 Å². The van der Waals surface area contributed by atoms with Crippen LogP contribution in [-0.4, -0.2) is 12.4 Å². The molecule has 0 heterocycles. The lowest BCUT2D eigenvalue weighted by Gasteiger charge is -2.09. The highest BCUT2D eigenvalue weighted by atomic mass is 35.5. The summed E-state index contributed by atoms with van der Waals surface area (Å²) >= 11 is 5.89. The number of Topliss-reactive ketones (excluding diaryl/α,β-unsaturated/α-hetero) is 1. The summed E-state index contributed by atoms with van der Waals surface area (Å²) in [5.74, 6) is 0.976. The van der Waals surface area contributed by atoms with E-state index in [2.05, 4.69) is 0 Å². The number of hydrogen-bond acceptors (Lipinski definition) is 2. The molecule has 0 saturated heterocycles. The first-order valence-electron chi connectivity index (χ1n) is 6.64. The SMILES string of the molecule is Cc1cc(Cl)ccc1OCCCC(=O)c1ccccc1. The number of rotatable bonds is 6. The van der Waals surface area contributed by atoms with E-state index in [1.54, 1.807) is 6.07 Å². The predicted molar refractivity (Wildman–Crippen MR) is 81.7 cm³/mol. The molecular weight excluding hydrogens is 272 g/mol. The van der Waals surface area contributed by atoms with Crippen LogP contribution in [0.25, 0.3) is 0 Å². The minimum Gasteiger partial charge on any atom is -0.493 e. The van der Waals surface area contributed by atoms with Crippen molar-refractivity contribution in [2.75, 3.05) is 6.61 Å². The summed E-state index contributed by atoms with van der Waals surface area (Å²) in [6, 6.07) is 14.9. The molecule has 0 bridgehead atoms. The topological polar surface area (TPSA) is 26.3 Å². The number of aryl methyl sites for hydroxylation is 1. The molecular formula is C17H17ClO2. The second-order valence-electron chi connectivity index (χ2n) is 4.65. The van der Waals surface area contributed by atoms with Crippen LogP contribution in [0.2, 0.25) is 5.02 Å². The molecule has 0 fully saturated rings. The normalized spacial score (nSPS) is 10.3. The smallest absolute Gasteiger partial charge is 0.163 e. The van der Waals surface area contributed by atoms with Crippen LogP contribution >= 0.6 is 11.6 Å². The predicted octanol–water partition coefficient (Wildman–Crippen LogP) is 4.69. The van der Waals surface area contributed by atoms with Crippen LogP contribution in [0.1, 0.15) is 28.8 Å². The Morgan fingerprint density at radius 2 is 1.90 bits per heavy atom. The van der Waals surface area contributed by atoms with Gasteiger partial charge in [0.25, 0.3) is 0 Å². The molecule has 0 spiro atoms. The maximum Gasteiger partial charge on any atom is 0.163 e. The number of ketones is 1. The molecule has 0 saturated carbocycles. The first kappa shape index (κ1) is 14.6. The van der Waals surface area contributed by atoms with E-state index in [4.69, 9.17) is 16.3 Å². The number of hydrogen-bond donors (Lipinski definition) is 0. The second kappa shape index (κ2) is 7.11. The number of carbonyl (C=O) groups is 1. The van der Waals surface area contributed by atoms with Crippen LogP contribution in [-0.2, 0) is 0 Å². The summed E-state index contributed by atoms with van der Waals surface area (Å²) in [6.45, 7) is 2.48. The van der Waals surface area contributed by atoms with Crippen molar-refractivity contribution < 1.29 is 9.53 Å². The van der Waals surface area contributed by atoms with E-state index in [9.17, 15) is 4.79 Å². The molecule has 2 nitrogen and oxygen atoms in total. The fraction of sp³-hybridized carbons (Fsp3) is 0.235. The lowest BCUT2D eigenvalue weighted by atomic mass is 10.1. The average molecular weight is 289 g/mol. The van der Waals surface area contributed by atoms with Gasteiger partial charge >= 0.3 is 0 Å². The van der Waals surface area contributed by atoms with Crippen LogP contribution in [0.5, 0.6) is 5.75 Å². The fourth-order valence-corrected chi connectivity index (χ4v) is 2.18. The van der Waals surface area contributed by atoms with Crippen molar-refractivity contribution in [1.29, 1.82) is 0 Å². The van der Waals surface area contributed by atoms with Crippen molar-refractivity contribution in [2.45, 2.75) is 19.8 Å². The number of carbonyl (C=O) groups excluding carboxylic acids is 1. The van der Waals surface area contributed by atoms with Gasteiger partial charge in [0.15, 0.2) is 5.78 Å². The summed E-state index contributed by atoms with van der Waals surface area (Å²) < 4.78 is 5.67. The molecule has 0 aliphatic heterocycles. The Hall–Kier alpha value is -1.80. The molecule has 2 rings (SSSR count). The van der Waals surface area contributed by atoms with Crippen LogP contribution in [0.3, 0.4) is 0 Å². The first-order chi connectivity index (χ1) is 9.66. The van der Waals surface area contributed by atoms with E-state index in [0.29, 0.717) is 24.5 Å². The van der Waals surface area contributed by atoms with Crippen LogP contribution < -0.4 is 4.74 Å². The number of benzene rings is 2. The van der Waals surface area contributed by atoms with Gasteiger partial charge in [0.1, 0.15) is 5.75 Å². The minimum atomic E-state index is 0.155. The second-order valence-corrected chi connectivity index (χ2v) is 5.09. The molecule has 2 aromatic rings. The minimum absolute atomic E-state index is 0.155. The fourth-order valence-electron chi connectivity index (χ4n) is 1.96. The maximum absolute atomic E-state index is 11.9. The van der Waals surface area contributed by atoms with E-state index in [-0.39, 0.29) is 5.78 Å². The zero-order valence-corrected chi connectivity index (χ0v) is 12.2. The highest BCUT2D eigenvalue weighted by Crippen LogP contribution is 2.22. The molecule has 0 aliphatic carbocycles. The number of halogens is 1. The average Bonchev–Trinajstić information content (AvgIpc) is 2.46. The lowest BCUT2D eigenvalue weighted by Crippen LogP contribution is -2.04. The van der Waals surface area contributed by atoms with E-state index in [1.165, 1.54) is 0 Å². The Kier molecular flexibility index (Phi) is 5.19. The molecule has 0 aliphatic rings. The zero-order valence-electron chi connectivity index (χ0n) is 11.4.